The quantitative estimate of drug-likeness (QED) is 0.254. The van der Waals surface area contributed by atoms with E-state index in [9.17, 15) is 14.4 Å². The van der Waals surface area contributed by atoms with Gasteiger partial charge >= 0.3 is 17.1 Å². The molecule has 0 fully saturated rings. The zero-order valence-corrected chi connectivity index (χ0v) is 6.30. The molecule has 1 heterocycles. The molecule has 1 aromatic rings. The summed E-state index contributed by atoms with van der Waals surface area (Å²) in [5, 5.41) is 0. The third kappa shape index (κ3) is 1.04. The molecule has 0 radical (unpaired) electrons. The Kier molecular flexibility index (Phi) is 1.82. The first-order valence-electron chi connectivity index (χ1n) is 2.98. The van der Waals surface area contributed by atoms with E-state index >= 15 is 0 Å². The van der Waals surface area contributed by atoms with Crippen molar-refractivity contribution in [2.24, 2.45) is 5.84 Å². The summed E-state index contributed by atoms with van der Waals surface area (Å²) in [4.78, 5) is 32.8. The normalized spacial score (nSPS) is 9.92. The van der Waals surface area contributed by atoms with Crippen molar-refractivity contribution in [1.82, 2.24) is 14.0 Å². The van der Waals surface area contributed by atoms with Crippen molar-refractivity contribution in [2.45, 2.75) is 0 Å². The van der Waals surface area contributed by atoms with E-state index in [1.165, 1.54) is 0 Å². The molecular weight excluding hydrogens is 182 g/mol. The van der Waals surface area contributed by atoms with E-state index in [1.807, 2.05) is 0 Å². The third-order valence-electron chi connectivity index (χ3n) is 1.34. The number of rotatable bonds is 1. The molecule has 0 saturated heterocycles. The Labute approximate surface area is 69.7 Å². The van der Waals surface area contributed by atoms with Crippen LogP contribution in [-0.4, -0.2) is 14.0 Å². The van der Waals surface area contributed by atoms with Crippen molar-refractivity contribution in [3.05, 3.63) is 31.5 Å². The Hall–Kier alpha value is -2.23. The van der Waals surface area contributed by atoms with Crippen LogP contribution >= 0.6 is 0 Å². The SMILES string of the molecule is NNn1c(=O)n(N)c(=O)n(N)c1=O. The molecule has 0 aliphatic rings. The van der Waals surface area contributed by atoms with E-state index in [0.717, 1.165) is 0 Å². The predicted molar refractivity (Wildman–Crippen MR) is 43.1 cm³/mol. The van der Waals surface area contributed by atoms with Crippen LogP contribution in [0.4, 0.5) is 0 Å². The highest BCUT2D eigenvalue weighted by molar-refractivity contribution is 4.79. The molecule has 1 rings (SSSR count). The van der Waals surface area contributed by atoms with Gasteiger partial charge in [-0.1, -0.05) is 0 Å². The smallest absolute Gasteiger partial charge is 0.331 e. The molecule has 0 spiro atoms. The number of nitrogen functional groups attached to an aromatic ring is 3. The van der Waals surface area contributed by atoms with Crippen LogP contribution in [0, 0.1) is 0 Å². The van der Waals surface area contributed by atoms with Crippen LogP contribution in [-0.2, 0) is 0 Å². The number of aromatic nitrogens is 3. The monoisotopic (exact) mass is 189 g/mol. The van der Waals surface area contributed by atoms with E-state index < -0.39 is 17.1 Å². The molecule has 72 valence electrons. The molecule has 7 N–H and O–H groups in total. The number of nitrogens with two attached hydrogens (primary N) is 3. The highest BCUT2D eigenvalue weighted by Crippen LogP contribution is 1.52. The topological polar surface area (TPSA) is 156 Å². The number of nitrogens with one attached hydrogen (secondary N) is 1. The van der Waals surface area contributed by atoms with Crippen molar-refractivity contribution >= 4 is 0 Å². The summed E-state index contributed by atoms with van der Waals surface area (Å²) >= 11 is 0. The number of hydrazine groups is 1. The zero-order valence-electron chi connectivity index (χ0n) is 6.30. The first kappa shape index (κ1) is 8.86. The lowest BCUT2D eigenvalue weighted by Gasteiger charge is -2.05. The molecule has 0 aromatic carbocycles. The average Bonchev–Trinajstić information content (AvgIpc) is 2.13. The van der Waals surface area contributed by atoms with Gasteiger partial charge in [-0.25, -0.2) is 20.2 Å². The van der Waals surface area contributed by atoms with Crippen molar-refractivity contribution in [3.63, 3.8) is 0 Å². The highest BCUT2D eigenvalue weighted by atomic mass is 16.2. The molecule has 0 bridgehead atoms. The first-order valence-corrected chi connectivity index (χ1v) is 2.98. The summed E-state index contributed by atoms with van der Waals surface area (Å²) in [6.07, 6.45) is 0. The van der Waals surface area contributed by atoms with Gasteiger partial charge in [-0.3, -0.25) is 5.53 Å². The molecule has 0 saturated carbocycles. The van der Waals surface area contributed by atoms with Gasteiger partial charge in [0.25, 0.3) is 0 Å². The Morgan fingerprint density at radius 3 is 1.62 bits per heavy atom. The van der Waals surface area contributed by atoms with Crippen LogP contribution in [0.1, 0.15) is 0 Å². The lowest BCUT2D eigenvalue weighted by Crippen LogP contribution is -2.62. The number of nitrogens with zero attached hydrogens (tertiary/aromatic N) is 3. The van der Waals surface area contributed by atoms with E-state index in [0.29, 0.717) is 0 Å². The molecule has 0 amide bonds. The largest absolute Gasteiger partial charge is 0.375 e. The molecule has 0 unspecified atom stereocenters. The molecule has 10 nitrogen and oxygen atoms in total. The maximum absolute atomic E-state index is 11.0. The van der Waals surface area contributed by atoms with Crippen LogP contribution in [0.25, 0.3) is 0 Å². The van der Waals surface area contributed by atoms with Crippen molar-refractivity contribution in [1.29, 1.82) is 0 Å². The van der Waals surface area contributed by atoms with Crippen molar-refractivity contribution in [2.75, 3.05) is 17.2 Å². The second-order valence-corrected chi connectivity index (χ2v) is 2.05. The van der Waals surface area contributed by atoms with Crippen molar-refractivity contribution < 1.29 is 0 Å². The molecule has 0 atom stereocenters. The molecule has 0 aliphatic carbocycles. The van der Waals surface area contributed by atoms with Gasteiger partial charge in [-0.05, 0) is 0 Å². The maximum Gasteiger partial charge on any atom is 0.375 e. The van der Waals surface area contributed by atoms with Gasteiger partial charge in [0.15, 0.2) is 0 Å². The van der Waals surface area contributed by atoms with Crippen LogP contribution < -0.4 is 40.1 Å². The van der Waals surface area contributed by atoms with Gasteiger partial charge in [-0.15, -0.1) is 4.68 Å². The third-order valence-corrected chi connectivity index (χ3v) is 1.34. The minimum Gasteiger partial charge on any atom is -0.331 e. The highest BCUT2D eigenvalue weighted by Gasteiger charge is 2.09. The molecular formula is C3H7N7O3. The lowest BCUT2D eigenvalue weighted by atomic mass is 10.9. The standard InChI is InChI=1S/C3H7N7O3/c4-7-10-2(12)8(5)1(11)9(6)3(10)13/h7H,4-6H2. The van der Waals surface area contributed by atoms with Gasteiger partial charge in [0.1, 0.15) is 0 Å². The van der Waals surface area contributed by atoms with Gasteiger partial charge < -0.3 is 11.7 Å². The van der Waals surface area contributed by atoms with E-state index in [2.05, 4.69) is 0 Å². The molecule has 13 heavy (non-hydrogen) atoms. The van der Waals surface area contributed by atoms with Crippen LogP contribution in [0.5, 0.6) is 0 Å². The van der Waals surface area contributed by atoms with Crippen LogP contribution in [0.3, 0.4) is 0 Å². The average molecular weight is 189 g/mol. The van der Waals surface area contributed by atoms with E-state index in [1.54, 1.807) is 5.53 Å². The number of hydrogen-bond acceptors (Lipinski definition) is 7. The minimum atomic E-state index is -1.14. The summed E-state index contributed by atoms with van der Waals surface area (Å²) in [6, 6.07) is 0. The second-order valence-electron chi connectivity index (χ2n) is 2.05. The fourth-order valence-corrected chi connectivity index (χ4v) is 0.687. The summed E-state index contributed by atoms with van der Waals surface area (Å²) in [5.41, 5.74) is -1.64. The molecule has 10 heteroatoms. The fraction of sp³-hybridized carbons (Fsp3) is 0. The molecule has 1 aromatic heterocycles. The van der Waals surface area contributed by atoms with Gasteiger partial charge in [0.05, 0.1) is 0 Å². The second kappa shape index (κ2) is 2.67. The lowest BCUT2D eigenvalue weighted by molar-refractivity contribution is 0.587. The fourth-order valence-electron chi connectivity index (χ4n) is 0.687. The summed E-state index contributed by atoms with van der Waals surface area (Å²) in [6.45, 7) is 0. The minimum absolute atomic E-state index is 0.140. The number of hydrogen-bond donors (Lipinski definition) is 4. The van der Waals surface area contributed by atoms with E-state index in [4.69, 9.17) is 17.5 Å². The van der Waals surface area contributed by atoms with Crippen LogP contribution in [0.2, 0.25) is 0 Å². The Morgan fingerprint density at radius 1 is 0.923 bits per heavy atom. The van der Waals surface area contributed by atoms with Gasteiger partial charge in [0.2, 0.25) is 0 Å². The summed E-state index contributed by atoms with van der Waals surface area (Å²) in [7, 11) is 0. The van der Waals surface area contributed by atoms with Crippen LogP contribution in [0.15, 0.2) is 14.4 Å². The zero-order chi connectivity index (χ0) is 10.2. The predicted octanol–water partition coefficient (Wildman–Crippen LogP) is -4.98. The van der Waals surface area contributed by atoms with Gasteiger partial charge in [-0.2, -0.15) is 9.35 Å². The van der Waals surface area contributed by atoms with Gasteiger partial charge in [0, 0.05) is 0 Å². The maximum atomic E-state index is 11.0. The Balaban J connectivity index is 3.89. The molecule has 0 aliphatic heterocycles. The van der Waals surface area contributed by atoms with E-state index in [-0.39, 0.29) is 14.0 Å². The Morgan fingerprint density at radius 2 is 1.31 bits per heavy atom. The summed E-state index contributed by atoms with van der Waals surface area (Å²) < 4.78 is 0.559. The first-order chi connectivity index (χ1) is 6.00. The Bertz CT molecular complexity index is 451. The summed E-state index contributed by atoms with van der Waals surface area (Å²) in [5.74, 6) is 14.7. The van der Waals surface area contributed by atoms with Crippen molar-refractivity contribution in [3.8, 4) is 0 Å².